The molecule has 11 heteroatoms. The molecule has 0 radical (unpaired) electrons. The average Bonchev–Trinajstić information content (AvgIpc) is 2.91. The number of hydrogen-bond acceptors (Lipinski definition) is 11. The van der Waals surface area contributed by atoms with E-state index < -0.39 is 72.1 Å². The summed E-state index contributed by atoms with van der Waals surface area (Å²) < 4.78 is 35.7. The van der Waals surface area contributed by atoms with Crippen LogP contribution in [-0.4, -0.2) is 119 Å². The molecule has 2 rings (SSSR count). The van der Waals surface area contributed by atoms with Crippen LogP contribution in [0.3, 0.4) is 0 Å². The lowest BCUT2D eigenvalue weighted by Crippen LogP contribution is -2.73. The lowest BCUT2D eigenvalue weighted by molar-refractivity contribution is -0.431. The van der Waals surface area contributed by atoms with Crippen LogP contribution in [0.5, 0.6) is 0 Å². The molecular weight excluding hydrogens is 416 g/mol. The summed E-state index contributed by atoms with van der Waals surface area (Å²) in [6.07, 6.45) is -7.66. The van der Waals surface area contributed by atoms with Gasteiger partial charge in [0.15, 0.2) is 11.9 Å². The molecular formula is C20H38O11. The molecule has 2 aliphatic heterocycles. The standard InChI is InChI=1S/C20H38O11/c1-16(2,26-6)20(30-15-14(25)13(24)12(23)11(9-21)29-15)19(5,28-8)18(4,27-7)17(3,10-22)31-20/h11-15,21-25H,9-10H2,1-8H3/t11-,12-,13+,14-,15-,17-,18-,19+,20-/m1/s1. The number of methoxy groups -OCH3 is 3. The summed E-state index contributed by atoms with van der Waals surface area (Å²) in [7, 11) is 4.29. The Kier molecular flexibility index (Phi) is 7.55. The summed E-state index contributed by atoms with van der Waals surface area (Å²) in [5.74, 6) is -1.88. The lowest BCUT2D eigenvalue weighted by Gasteiger charge is -2.54. The molecule has 2 saturated heterocycles. The van der Waals surface area contributed by atoms with Gasteiger partial charge in [0.1, 0.15) is 41.2 Å². The number of ether oxygens (including phenoxy) is 6. The molecule has 0 aliphatic carbocycles. The first-order valence-corrected chi connectivity index (χ1v) is 10.2. The van der Waals surface area contributed by atoms with E-state index in [0.29, 0.717) is 0 Å². The minimum absolute atomic E-state index is 0.476. The largest absolute Gasteiger partial charge is 0.394 e. The zero-order valence-electron chi connectivity index (χ0n) is 19.5. The highest BCUT2D eigenvalue weighted by molar-refractivity contribution is 5.25. The van der Waals surface area contributed by atoms with Crippen LogP contribution in [0, 0.1) is 0 Å². The van der Waals surface area contributed by atoms with Crippen LogP contribution < -0.4 is 0 Å². The Hall–Kier alpha value is -0.440. The van der Waals surface area contributed by atoms with Crippen molar-refractivity contribution in [1.82, 2.24) is 0 Å². The molecule has 0 spiro atoms. The van der Waals surface area contributed by atoms with Gasteiger partial charge in [-0.25, -0.2) is 0 Å². The van der Waals surface area contributed by atoms with Crippen LogP contribution in [0.15, 0.2) is 0 Å². The van der Waals surface area contributed by atoms with E-state index in [1.54, 1.807) is 34.6 Å². The Morgan fingerprint density at radius 3 is 1.84 bits per heavy atom. The molecule has 0 aromatic carbocycles. The molecule has 0 saturated carbocycles. The van der Waals surface area contributed by atoms with E-state index in [1.165, 1.54) is 21.3 Å². The molecule has 2 aliphatic rings. The normalized spacial score (nSPS) is 48.9. The van der Waals surface area contributed by atoms with Crippen LogP contribution in [-0.2, 0) is 28.4 Å². The third-order valence-corrected chi connectivity index (χ3v) is 7.47. The molecule has 184 valence electrons. The molecule has 2 fully saturated rings. The molecule has 0 aromatic heterocycles. The topological polar surface area (TPSA) is 157 Å². The second kappa shape index (κ2) is 8.73. The Bertz CT molecular complexity index is 630. The molecule has 9 atom stereocenters. The van der Waals surface area contributed by atoms with Crippen molar-refractivity contribution in [1.29, 1.82) is 0 Å². The summed E-state index contributed by atoms with van der Waals surface area (Å²) in [5, 5.41) is 50.7. The maximum absolute atomic E-state index is 10.6. The monoisotopic (exact) mass is 454 g/mol. The van der Waals surface area contributed by atoms with Gasteiger partial charge in [0.2, 0.25) is 5.79 Å². The minimum Gasteiger partial charge on any atom is -0.394 e. The third kappa shape index (κ3) is 3.46. The van der Waals surface area contributed by atoms with E-state index in [0.717, 1.165) is 0 Å². The zero-order valence-corrected chi connectivity index (χ0v) is 19.5. The highest BCUT2D eigenvalue weighted by Crippen LogP contribution is 2.60. The highest BCUT2D eigenvalue weighted by Gasteiger charge is 2.81. The second-order valence-corrected chi connectivity index (χ2v) is 9.11. The quantitative estimate of drug-likeness (QED) is 0.291. The van der Waals surface area contributed by atoms with Crippen LogP contribution in [0.25, 0.3) is 0 Å². The first-order chi connectivity index (χ1) is 14.2. The van der Waals surface area contributed by atoms with Gasteiger partial charge in [0.25, 0.3) is 0 Å². The van der Waals surface area contributed by atoms with Gasteiger partial charge < -0.3 is 54.0 Å². The number of hydrogen-bond donors (Lipinski definition) is 5. The fraction of sp³-hybridized carbons (Fsp3) is 1.00. The Balaban J connectivity index is 2.68. The van der Waals surface area contributed by atoms with Crippen molar-refractivity contribution in [3.8, 4) is 0 Å². The summed E-state index contributed by atoms with van der Waals surface area (Å²) in [5.41, 5.74) is -5.42. The SMILES string of the molecule is COC(C)(C)[C@@]1(O[C@H]2O[C@H](CO)[C@@H](O)[C@H](O)[C@H]2O)O[C@](C)(CO)[C@@](C)(OC)[C@]1(C)OC. The summed E-state index contributed by atoms with van der Waals surface area (Å²) in [4.78, 5) is 0. The number of aliphatic hydroxyl groups is 5. The molecule has 11 nitrogen and oxygen atoms in total. The Morgan fingerprint density at radius 2 is 1.42 bits per heavy atom. The summed E-state index contributed by atoms with van der Waals surface area (Å²) >= 11 is 0. The highest BCUT2D eigenvalue weighted by atomic mass is 16.8. The fourth-order valence-corrected chi connectivity index (χ4v) is 4.69. The predicted octanol–water partition coefficient (Wildman–Crippen LogP) is -1.48. The second-order valence-electron chi connectivity index (χ2n) is 9.11. The van der Waals surface area contributed by atoms with Gasteiger partial charge >= 0.3 is 0 Å². The smallest absolute Gasteiger partial charge is 0.232 e. The molecule has 0 aromatic rings. The predicted molar refractivity (Wildman–Crippen MR) is 106 cm³/mol. The number of aliphatic hydroxyl groups excluding tert-OH is 5. The molecule has 2 heterocycles. The lowest BCUT2D eigenvalue weighted by atomic mass is 9.69. The fourth-order valence-electron chi connectivity index (χ4n) is 4.69. The first kappa shape index (κ1) is 26.8. The van der Waals surface area contributed by atoms with Crippen LogP contribution in [0.4, 0.5) is 0 Å². The maximum Gasteiger partial charge on any atom is 0.232 e. The van der Waals surface area contributed by atoms with Gasteiger partial charge in [0, 0.05) is 21.3 Å². The first-order valence-electron chi connectivity index (χ1n) is 10.2. The van der Waals surface area contributed by atoms with E-state index in [1.807, 2.05) is 0 Å². The molecule has 0 unspecified atom stereocenters. The molecule has 5 N–H and O–H groups in total. The van der Waals surface area contributed by atoms with Crippen molar-refractivity contribution in [2.24, 2.45) is 0 Å². The van der Waals surface area contributed by atoms with Gasteiger partial charge in [-0.05, 0) is 34.6 Å². The van der Waals surface area contributed by atoms with E-state index in [2.05, 4.69) is 0 Å². The van der Waals surface area contributed by atoms with Crippen molar-refractivity contribution in [2.75, 3.05) is 34.5 Å². The average molecular weight is 455 g/mol. The van der Waals surface area contributed by atoms with E-state index in [9.17, 15) is 25.5 Å². The van der Waals surface area contributed by atoms with E-state index in [4.69, 9.17) is 28.4 Å². The Labute approximate surface area is 182 Å². The van der Waals surface area contributed by atoms with Gasteiger partial charge in [-0.1, -0.05) is 0 Å². The number of rotatable bonds is 8. The van der Waals surface area contributed by atoms with Crippen molar-refractivity contribution in [3.63, 3.8) is 0 Å². The van der Waals surface area contributed by atoms with Gasteiger partial charge in [-0.15, -0.1) is 0 Å². The van der Waals surface area contributed by atoms with Crippen LogP contribution >= 0.6 is 0 Å². The van der Waals surface area contributed by atoms with Gasteiger partial charge in [0.05, 0.1) is 13.2 Å². The van der Waals surface area contributed by atoms with Crippen LogP contribution in [0.2, 0.25) is 0 Å². The summed E-state index contributed by atoms with van der Waals surface area (Å²) in [6.45, 7) is 7.19. The van der Waals surface area contributed by atoms with E-state index >= 15 is 0 Å². The maximum atomic E-state index is 10.6. The van der Waals surface area contributed by atoms with Crippen molar-refractivity contribution in [2.45, 2.75) is 93.5 Å². The van der Waals surface area contributed by atoms with Crippen molar-refractivity contribution in [3.05, 3.63) is 0 Å². The minimum atomic E-state index is -1.88. The van der Waals surface area contributed by atoms with Gasteiger partial charge in [-0.3, -0.25) is 0 Å². The zero-order chi connectivity index (χ0) is 24.0. The van der Waals surface area contributed by atoms with Crippen molar-refractivity contribution < 1.29 is 54.0 Å². The molecule has 31 heavy (non-hydrogen) atoms. The van der Waals surface area contributed by atoms with Crippen molar-refractivity contribution >= 4 is 0 Å². The van der Waals surface area contributed by atoms with Crippen LogP contribution in [0.1, 0.15) is 34.6 Å². The third-order valence-electron chi connectivity index (χ3n) is 7.47. The molecule has 0 bridgehead atoms. The summed E-state index contributed by atoms with van der Waals surface area (Å²) in [6, 6.07) is 0. The van der Waals surface area contributed by atoms with Gasteiger partial charge in [-0.2, -0.15) is 0 Å². The Morgan fingerprint density at radius 1 is 0.871 bits per heavy atom. The molecule has 0 amide bonds. The van der Waals surface area contributed by atoms with E-state index in [-0.39, 0.29) is 0 Å².